The summed E-state index contributed by atoms with van der Waals surface area (Å²) in [5.41, 5.74) is 2.12. The Bertz CT molecular complexity index is 452. The van der Waals surface area contributed by atoms with Crippen LogP contribution in [-0.4, -0.2) is 34.3 Å². The van der Waals surface area contributed by atoms with E-state index in [0.29, 0.717) is 0 Å². The lowest BCUT2D eigenvalue weighted by molar-refractivity contribution is -0.131. The largest absolute Gasteiger partial charge is 0.392 e. The minimum atomic E-state index is 0.0101. The van der Waals surface area contributed by atoms with Gasteiger partial charge in [-0.25, -0.2) is 0 Å². The van der Waals surface area contributed by atoms with E-state index in [-0.39, 0.29) is 17.8 Å². The number of hydrogen-bond donors (Lipinski definition) is 1. The zero-order chi connectivity index (χ0) is 15.2. The first-order valence-electron chi connectivity index (χ1n) is 7.69. The molecule has 1 aromatic rings. The summed E-state index contributed by atoms with van der Waals surface area (Å²) >= 11 is 1.69. The van der Waals surface area contributed by atoms with Gasteiger partial charge in [0.1, 0.15) is 0 Å². The van der Waals surface area contributed by atoms with E-state index in [1.165, 1.54) is 5.56 Å². The Labute approximate surface area is 131 Å². The molecule has 4 heteroatoms. The van der Waals surface area contributed by atoms with Crippen LogP contribution < -0.4 is 0 Å². The number of nitrogens with zero attached hydrogens (tertiary/aromatic N) is 1. The molecule has 2 rings (SSSR count). The van der Waals surface area contributed by atoms with Gasteiger partial charge in [-0.15, -0.1) is 11.8 Å². The maximum atomic E-state index is 12.4. The second kappa shape index (κ2) is 7.85. The third kappa shape index (κ3) is 4.75. The number of aliphatic hydroxyl groups is 1. The van der Waals surface area contributed by atoms with E-state index >= 15 is 0 Å². The number of carbonyl (C=O) groups is 1. The Kier molecular flexibility index (Phi) is 6.12. The van der Waals surface area contributed by atoms with Crippen LogP contribution in [0.4, 0.5) is 0 Å². The lowest BCUT2D eigenvalue weighted by Gasteiger charge is -2.32. The minimum Gasteiger partial charge on any atom is -0.392 e. The van der Waals surface area contributed by atoms with Gasteiger partial charge in [-0.3, -0.25) is 4.79 Å². The van der Waals surface area contributed by atoms with Crippen molar-refractivity contribution in [2.75, 3.05) is 13.1 Å². The Morgan fingerprint density at radius 2 is 1.86 bits per heavy atom. The van der Waals surface area contributed by atoms with Crippen LogP contribution in [0.15, 0.2) is 24.3 Å². The molecule has 0 bridgehead atoms. The number of piperidine rings is 1. The van der Waals surface area contributed by atoms with Crippen LogP contribution in [0.3, 0.4) is 0 Å². The van der Waals surface area contributed by atoms with E-state index in [0.717, 1.165) is 43.2 Å². The second-order valence-electron chi connectivity index (χ2n) is 5.94. The molecule has 1 aliphatic rings. The molecule has 1 atom stereocenters. The zero-order valence-corrected chi connectivity index (χ0v) is 13.7. The van der Waals surface area contributed by atoms with Crippen LogP contribution in [0.25, 0.3) is 0 Å². The average molecular weight is 307 g/mol. The Hall–Kier alpha value is -1.00. The fourth-order valence-corrected chi connectivity index (χ4v) is 3.45. The predicted octanol–water partition coefficient (Wildman–Crippen LogP) is 3.06. The van der Waals surface area contributed by atoms with E-state index in [1.807, 2.05) is 36.1 Å². The molecule has 0 aromatic heterocycles. The van der Waals surface area contributed by atoms with E-state index < -0.39 is 0 Å². The monoisotopic (exact) mass is 307 g/mol. The highest BCUT2D eigenvalue weighted by molar-refractivity contribution is 7.99. The summed E-state index contributed by atoms with van der Waals surface area (Å²) in [6.45, 7) is 6.17. The van der Waals surface area contributed by atoms with Gasteiger partial charge in [-0.05, 0) is 36.8 Å². The van der Waals surface area contributed by atoms with Crippen molar-refractivity contribution in [2.24, 2.45) is 5.92 Å². The molecule has 1 heterocycles. The third-order valence-electron chi connectivity index (χ3n) is 4.15. The summed E-state index contributed by atoms with van der Waals surface area (Å²) in [7, 11) is 0. The van der Waals surface area contributed by atoms with Crippen molar-refractivity contribution in [1.82, 2.24) is 4.90 Å². The summed E-state index contributed by atoms with van der Waals surface area (Å²) in [4.78, 5) is 14.4. The molecule has 1 fully saturated rings. The van der Waals surface area contributed by atoms with Crippen molar-refractivity contribution in [3.05, 3.63) is 35.4 Å². The standard InChI is InChI=1S/C17H25NO2S/c1-13-7-9-18(10-8-13)17(20)14(2)21-12-16-5-3-15(11-19)4-6-16/h3-6,13-14,19H,7-12H2,1-2H3. The van der Waals surface area contributed by atoms with Gasteiger partial charge in [0.25, 0.3) is 0 Å². The summed E-state index contributed by atoms with van der Waals surface area (Å²) in [6, 6.07) is 7.93. The second-order valence-corrected chi connectivity index (χ2v) is 7.26. The number of aliphatic hydroxyl groups excluding tert-OH is 1. The molecular formula is C17H25NO2S. The molecule has 0 spiro atoms. The molecule has 1 saturated heterocycles. The first-order chi connectivity index (χ1) is 10.1. The molecular weight excluding hydrogens is 282 g/mol. The van der Waals surface area contributed by atoms with Gasteiger partial charge in [-0.2, -0.15) is 0 Å². The number of hydrogen-bond acceptors (Lipinski definition) is 3. The van der Waals surface area contributed by atoms with Crippen molar-refractivity contribution >= 4 is 17.7 Å². The van der Waals surface area contributed by atoms with Crippen molar-refractivity contribution in [1.29, 1.82) is 0 Å². The first kappa shape index (κ1) is 16.4. The average Bonchev–Trinajstić information content (AvgIpc) is 2.53. The molecule has 1 N–H and O–H groups in total. The molecule has 0 radical (unpaired) electrons. The number of rotatable bonds is 5. The summed E-state index contributed by atoms with van der Waals surface area (Å²) in [5.74, 6) is 1.86. The van der Waals surface area contributed by atoms with Crippen molar-refractivity contribution in [3.63, 3.8) is 0 Å². The Morgan fingerprint density at radius 3 is 2.43 bits per heavy atom. The molecule has 1 unspecified atom stereocenters. The van der Waals surface area contributed by atoms with Gasteiger partial charge in [-0.1, -0.05) is 31.2 Å². The quantitative estimate of drug-likeness (QED) is 0.909. The predicted molar refractivity (Wildman–Crippen MR) is 88.1 cm³/mol. The molecule has 0 aliphatic carbocycles. The van der Waals surface area contributed by atoms with Crippen LogP contribution in [0, 0.1) is 5.92 Å². The molecule has 1 aromatic carbocycles. The SMILES string of the molecule is CC1CCN(C(=O)C(C)SCc2ccc(CO)cc2)CC1. The van der Waals surface area contributed by atoms with Crippen LogP contribution in [0.1, 0.15) is 37.8 Å². The number of likely N-dealkylation sites (tertiary alicyclic amines) is 1. The summed E-state index contributed by atoms with van der Waals surface area (Å²) in [5, 5.41) is 9.04. The molecule has 0 saturated carbocycles. The molecule has 21 heavy (non-hydrogen) atoms. The molecule has 3 nitrogen and oxygen atoms in total. The Balaban J connectivity index is 1.80. The van der Waals surface area contributed by atoms with Gasteiger partial charge < -0.3 is 10.0 Å². The fraction of sp³-hybridized carbons (Fsp3) is 0.588. The van der Waals surface area contributed by atoms with Gasteiger partial charge in [0.2, 0.25) is 5.91 Å². The number of carbonyl (C=O) groups excluding carboxylic acids is 1. The smallest absolute Gasteiger partial charge is 0.235 e. The van der Waals surface area contributed by atoms with Crippen LogP contribution >= 0.6 is 11.8 Å². The van der Waals surface area contributed by atoms with Gasteiger partial charge in [0.15, 0.2) is 0 Å². The molecule has 1 amide bonds. The van der Waals surface area contributed by atoms with Crippen LogP contribution in [-0.2, 0) is 17.2 Å². The number of benzene rings is 1. The number of amides is 1. The van der Waals surface area contributed by atoms with Gasteiger partial charge in [0.05, 0.1) is 11.9 Å². The van der Waals surface area contributed by atoms with E-state index in [1.54, 1.807) is 11.8 Å². The fourth-order valence-electron chi connectivity index (χ4n) is 2.52. The maximum absolute atomic E-state index is 12.4. The summed E-state index contributed by atoms with van der Waals surface area (Å²) in [6.07, 6.45) is 2.26. The highest BCUT2D eigenvalue weighted by Gasteiger charge is 2.24. The molecule has 1 aliphatic heterocycles. The number of thioether (sulfide) groups is 1. The molecule has 116 valence electrons. The first-order valence-corrected chi connectivity index (χ1v) is 8.74. The van der Waals surface area contributed by atoms with Gasteiger partial charge >= 0.3 is 0 Å². The highest BCUT2D eigenvalue weighted by atomic mass is 32.2. The van der Waals surface area contributed by atoms with E-state index in [9.17, 15) is 4.79 Å². The Morgan fingerprint density at radius 1 is 1.29 bits per heavy atom. The van der Waals surface area contributed by atoms with Crippen molar-refractivity contribution < 1.29 is 9.90 Å². The minimum absolute atomic E-state index is 0.0101. The van der Waals surface area contributed by atoms with E-state index in [2.05, 4.69) is 6.92 Å². The summed E-state index contributed by atoms with van der Waals surface area (Å²) < 4.78 is 0. The topological polar surface area (TPSA) is 40.5 Å². The lowest BCUT2D eigenvalue weighted by Crippen LogP contribution is -2.41. The highest BCUT2D eigenvalue weighted by Crippen LogP contribution is 2.23. The zero-order valence-electron chi connectivity index (χ0n) is 12.9. The van der Waals surface area contributed by atoms with Crippen LogP contribution in [0.2, 0.25) is 0 Å². The normalized spacial score (nSPS) is 17.8. The maximum Gasteiger partial charge on any atom is 0.235 e. The van der Waals surface area contributed by atoms with Crippen LogP contribution in [0.5, 0.6) is 0 Å². The third-order valence-corrected chi connectivity index (χ3v) is 5.35. The lowest BCUT2D eigenvalue weighted by atomic mass is 9.99. The van der Waals surface area contributed by atoms with Gasteiger partial charge in [0, 0.05) is 18.8 Å². The van der Waals surface area contributed by atoms with Crippen molar-refractivity contribution in [2.45, 2.75) is 44.3 Å². The van der Waals surface area contributed by atoms with E-state index in [4.69, 9.17) is 5.11 Å². The van der Waals surface area contributed by atoms with Crippen molar-refractivity contribution in [3.8, 4) is 0 Å².